The highest BCUT2D eigenvalue weighted by molar-refractivity contribution is 9.10. The minimum atomic E-state index is -0.152. The highest BCUT2D eigenvalue weighted by Crippen LogP contribution is 2.26. The Hall–Kier alpha value is -1.40. The Balaban J connectivity index is 2.15. The molecule has 1 N–H and O–H groups in total. The number of carbonyl (C=O) groups is 1. The van der Waals surface area contributed by atoms with Crippen molar-refractivity contribution in [2.24, 2.45) is 0 Å². The SMILES string of the molecule is CN(C)C(=O)Nc1cc(-c2ccc(Br)cc2)ns1. The summed E-state index contributed by atoms with van der Waals surface area (Å²) in [6, 6.07) is 9.61. The third-order valence-electron chi connectivity index (χ3n) is 2.29. The molecule has 1 aromatic carbocycles. The molecule has 0 atom stereocenters. The third kappa shape index (κ3) is 3.08. The van der Waals surface area contributed by atoms with Crippen LogP contribution >= 0.6 is 27.5 Å². The van der Waals surface area contributed by atoms with Crippen LogP contribution in [-0.2, 0) is 0 Å². The Morgan fingerprint density at radius 2 is 2.00 bits per heavy atom. The van der Waals surface area contributed by atoms with Crippen molar-refractivity contribution in [3.05, 3.63) is 34.8 Å². The average Bonchev–Trinajstić information content (AvgIpc) is 2.78. The topological polar surface area (TPSA) is 45.2 Å². The first kappa shape index (κ1) is 13.0. The molecule has 0 bridgehead atoms. The third-order valence-corrected chi connectivity index (χ3v) is 3.52. The molecule has 0 fully saturated rings. The van der Waals surface area contributed by atoms with Gasteiger partial charge in [0.15, 0.2) is 0 Å². The van der Waals surface area contributed by atoms with Crippen LogP contribution in [-0.4, -0.2) is 29.4 Å². The fourth-order valence-electron chi connectivity index (χ4n) is 1.31. The Bertz CT molecular complexity index is 551. The normalized spacial score (nSPS) is 10.2. The van der Waals surface area contributed by atoms with Gasteiger partial charge in [-0.3, -0.25) is 5.32 Å². The molecule has 2 amide bonds. The van der Waals surface area contributed by atoms with Crippen molar-refractivity contribution >= 4 is 38.5 Å². The maximum atomic E-state index is 11.5. The van der Waals surface area contributed by atoms with Gasteiger partial charge in [-0.15, -0.1) is 0 Å². The van der Waals surface area contributed by atoms with Crippen LogP contribution in [0.5, 0.6) is 0 Å². The number of nitrogens with zero attached hydrogens (tertiary/aromatic N) is 2. The van der Waals surface area contributed by atoms with E-state index >= 15 is 0 Å². The first-order chi connectivity index (χ1) is 8.56. The summed E-state index contributed by atoms with van der Waals surface area (Å²) in [6.07, 6.45) is 0. The molecule has 0 aliphatic heterocycles. The van der Waals surface area contributed by atoms with Crippen molar-refractivity contribution in [3.63, 3.8) is 0 Å². The summed E-state index contributed by atoms with van der Waals surface area (Å²) in [5.41, 5.74) is 1.89. The molecule has 0 saturated carbocycles. The van der Waals surface area contributed by atoms with Crippen LogP contribution in [0.25, 0.3) is 11.3 Å². The molecular formula is C12H12BrN3OS. The summed E-state index contributed by atoms with van der Waals surface area (Å²) >= 11 is 4.67. The number of hydrogen-bond acceptors (Lipinski definition) is 3. The Kier molecular flexibility index (Phi) is 3.98. The zero-order chi connectivity index (χ0) is 13.1. The number of halogens is 1. The Morgan fingerprint density at radius 1 is 1.33 bits per heavy atom. The molecule has 6 heteroatoms. The van der Waals surface area contributed by atoms with Gasteiger partial charge in [0.1, 0.15) is 5.00 Å². The van der Waals surface area contributed by atoms with Crippen molar-refractivity contribution < 1.29 is 4.79 Å². The second-order valence-electron chi connectivity index (χ2n) is 3.91. The Labute approximate surface area is 118 Å². The van der Waals surface area contributed by atoms with Gasteiger partial charge >= 0.3 is 6.03 Å². The molecule has 0 aliphatic carbocycles. The largest absolute Gasteiger partial charge is 0.331 e. The zero-order valence-corrected chi connectivity index (χ0v) is 12.4. The highest BCUT2D eigenvalue weighted by Gasteiger charge is 2.08. The van der Waals surface area contributed by atoms with Crippen molar-refractivity contribution in [3.8, 4) is 11.3 Å². The summed E-state index contributed by atoms with van der Waals surface area (Å²) in [6.45, 7) is 0. The molecule has 94 valence electrons. The predicted molar refractivity (Wildman–Crippen MR) is 78.0 cm³/mol. The Morgan fingerprint density at radius 3 is 2.61 bits per heavy atom. The summed E-state index contributed by atoms with van der Waals surface area (Å²) in [5.74, 6) is 0. The van der Waals surface area contributed by atoms with E-state index in [1.54, 1.807) is 14.1 Å². The number of urea groups is 1. The van der Waals surface area contributed by atoms with Crippen molar-refractivity contribution in [2.45, 2.75) is 0 Å². The van der Waals surface area contributed by atoms with E-state index in [2.05, 4.69) is 25.6 Å². The molecule has 4 nitrogen and oxygen atoms in total. The van der Waals surface area contributed by atoms with Crippen LogP contribution in [0, 0.1) is 0 Å². The van der Waals surface area contributed by atoms with Gasteiger partial charge in [0.2, 0.25) is 0 Å². The van der Waals surface area contributed by atoms with E-state index in [-0.39, 0.29) is 6.03 Å². The molecule has 1 heterocycles. The van der Waals surface area contributed by atoms with E-state index in [1.165, 1.54) is 16.4 Å². The molecule has 1 aromatic heterocycles. The fourth-order valence-corrected chi connectivity index (χ4v) is 2.22. The van der Waals surface area contributed by atoms with Gasteiger partial charge in [0, 0.05) is 30.2 Å². The molecule has 2 aromatic rings. The van der Waals surface area contributed by atoms with Crippen LogP contribution in [0.2, 0.25) is 0 Å². The number of nitrogens with one attached hydrogen (secondary N) is 1. The van der Waals surface area contributed by atoms with Gasteiger partial charge in [-0.2, -0.15) is 4.37 Å². The lowest BCUT2D eigenvalue weighted by Gasteiger charge is -2.09. The zero-order valence-electron chi connectivity index (χ0n) is 9.98. The monoisotopic (exact) mass is 325 g/mol. The molecule has 0 unspecified atom stereocenters. The molecule has 0 saturated heterocycles. The van der Waals surface area contributed by atoms with Crippen LogP contribution in [0.3, 0.4) is 0 Å². The van der Waals surface area contributed by atoms with E-state index in [0.29, 0.717) is 0 Å². The molecule has 0 spiro atoms. The fraction of sp³-hybridized carbons (Fsp3) is 0.167. The minimum Gasteiger partial charge on any atom is -0.331 e. The predicted octanol–water partition coefficient (Wildman–Crippen LogP) is 3.67. The minimum absolute atomic E-state index is 0.152. The maximum absolute atomic E-state index is 11.5. The smallest absolute Gasteiger partial charge is 0.321 e. The summed E-state index contributed by atoms with van der Waals surface area (Å²) < 4.78 is 5.35. The van der Waals surface area contributed by atoms with Gasteiger partial charge in [0.25, 0.3) is 0 Å². The lowest BCUT2D eigenvalue weighted by molar-refractivity contribution is 0.231. The number of aromatic nitrogens is 1. The molecular weight excluding hydrogens is 314 g/mol. The van der Waals surface area contributed by atoms with Crippen LogP contribution in [0.1, 0.15) is 0 Å². The summed E-state index contributed by atoms with van der Waals surface area (Å²) in [4.78, 5) is 13.0. The van der Waals surface area contributed by atoms with Crippen molar-refractivity contribution in [1.29, 1.82) is 0 Å². The summed E-state index contributed by atoms with van der Waals surface area (Å²) in [7, 11) is 3.40. The van der Waals surface area contributed by atoms with Crippen LogP contribution in [0.15, 0.2) is 34.8 Å². The van der Waals surface area contributed by atoms with Gasteiger partial charge in [0.05, 0.1) is 5.69 Å². The quantitative estimate of drug-likeness (QED) is 0.915. The molecule has 18 heavy (non-hydrogen) atoms. The second kappa shape index (κ2) is 5.49. The first-order valence-electron chi connectivity index (χ1n) is 5.27. The molecule has 2 rings (SSSR count). The van der Waals surface area contributed by atoms with Gasteiger partial charge in [-0.05, 0) is 23.7 Å². The first-order valence-corrected chi connectivity index (χ1v) is 6.84. The lowest BCUT2D eigenvalue weighted by Crippen LogP contribution is -2.26. The van der Waals surface area contributed by atoms with E-state index < -0.39 is 0 Å². The van der Waals surface area contributed by atoms with Crippen LogP contribution in [0.4, 0.5) is 9.80 Å². The van der Waals surface area contributed by atoms with Gasteiger partial charge in [-0.1, -0.05) is 28.1 Å². The highest BCUT2D eigenvalue weighted by atomic mass is 79.9. The molecule has 0 radical (unpaired) electrons. The van der Waals surface area contributed by atoms with Crippen molar-refractivity contribution in [1.82, 2.24) is 9.27 Å². The van der Waals surface area contributed by atoms with Crippen molar-refractivity contribution in [2.75, 3.05) is 19.4 Å². The van der Waals surface area contributed by atoms with Crippen LogP contribution < -0.4 is 5.32 Å². The van der Waals surface area contributed by atoms with E-state index in [1.807, 2.05) is 30.3 Å². The summed E-state index contributed by atoms with van der Waals surface area (Å²) in [5, 5.41) is 3.52. The maximum Gasteiger partial charge on any atom is 0.321 e. The van der Waals surface area contributed by atoms with E-state index in [4.69, 9.17) is 0 Å². The van der Waals surface area contributed by atoms with E-state index in [9.17, 15) is 4.79 Å². The number of hydrogen-bond donors (Lipinski definition) is 1. The van der Waals surface area contributed by atoms with Gasteiger partial charge < -0.3 is 4.90 Å². The standard InChI is InChI=1S/C12H12BrN3OS/c1-16(2)12(17)14-11-7-10(15-18-11)8-3-5-9(13)6-4-8/h3-7H,1-2H3,(H,14,17). The number of anilines is 1. The lowest BCUT2D eigenvalue weighted by atomic mass is 10.2. The van der Waals surface area contributed by atoms with Gasteiger partial charge in [-0.25, -0.2) is 4.79 Å². The number of benzene rings is 1. The number of rotatable bonds is 2. The second-order valence-corrected chi connectivity index (χ2v) is 5.63. The average molecular weight is 326 g/mol. The van der Waals surface area contributed by atoms with E-state index in [0.717, 1.165) is 20.7 Å². The number of amides is 2. The molecule has 0 aliphatic rings. The number of carbonyl (C=O) groups excluding carboxylic acids is 1.